The van der Waals surface area contributed by atoms with Crippen LogP contribution in [0.25, 0.3) is 0 Å². The molecule has 0 aromatic heterocycles. The molecule has 0 bridgehead atoms. The highest BCUT2D eigenvalue weighted by Crippen LogP contribution is 2.20. The number of amides is 1. The van der Waals surface area contributed by atoms with E-state index in [0.717, 1.165) is 31.6 Å². The summed E-state index contributed by atoms with van der Waals surface area (Å²) in [6.45, 7) is 3.54. The van der Waals surface area contributed by atoms with Gasteiger partial charge in [-0.05, 0) is 40.8 Å². The topological polar surface area (TPSA) is 32.3 Å². The molecule has 1 N–H and O–H groups in total. The van der Waals surface area contributed by atoms with E-state index < -0.39 is 0 Å². The molecule has 0 spiro atoms. The van der Waals surface area contributed by atoms with Gasteiger partial charge in [-0.25, -0.2) is 0 Å². The summed E-state index contributed by atoms with van der Waals surface area (Å²) < 4.78 is 0. The number of carbonyl (C=O) groups is 1. The van der Waals surface area contributed by atoms with Crippen LogP contribution in [0.5, 0.6) is 0 Å². The molecule has 3 aromatic rings. The lowest BCUT2D eigenvalue weighted by Crippen LogP contribution is -2.30. The van der Waals surface area contributed by atoms with Gasteiger partial charge in [0.2, 0.25) is 0 Å². The quantitative estimate of drug-likeness (QED) is 0.744. The van der Waals surface area contributed by atoms with Crippen LogP contribution in [0, 0.1) is 0 Å². The molecule has 0 saturated carbocycles. The third-order valence-corrected chi connectivity index (χ3v) is 5.13. The van der Waals surface area contributed by atoms with Gasteiger partial charge < -0.3 is 5.32 Å². The summed E-state index contributed by atoms with van der Waals surface area (Å²) in [5.74, 6) is -0.0303. The minimum absolute atomic E-state index is 0.0303. The Kier molecular flexibility index (Phi) is 5.31. The minimum atomic E-state index is -0.0303. The number of carbonyl (C=O) groups excluding carboxylic acids is 1. The van der Waals surface area contributed by atoms with Gasteiger partial charge in [-0.15, -0.1) is 0 Å². The lowest BCUT2D eigenvalue weighted by molar-refractivity contribution is 0.0951. The Hall–Kier alpha value is -2.91. The number of nitrogens with one attached hydrogen (secondary N) is 1. The minimum Gasteiger partial charge on any atom is -0.348 e. The van der Waals surface area contributed by atoms with Crippen molar-refractivity contribution >= 4 is 5.91 Å². The molecule has 3 aromatic carbocycles. The zero-order chi connectivity index (χ0) is 18.5. The third kappa shape index (κ3) is 4.44. The molecule has 1 heterocycles. The summed E-state index contributed by atoms with van der Waals surface area (Å²) in [5, 5.41) is 2.98. The highest BCUT2D eigenvalue weighted by atomic mass is 16.1. The Balaban J connectivity index is 1.33. The lowest BCUT2D eigenvalue weighted by Gasteiger charge is -2.28. The Morgan fingerprint density at radius 3 is 2.30 bits per heavy atom. The zero-order valence-electron chi connectivity index (χ0n) is 15.4. The fraction of sp³-hybridized carbons (Fsp3) is 0.208. The first kappa shape index (κ1) is 17.5. The van der Waals surface area contributed by atoms with E-state index in [-0.39, 0.29) is 5.91 Å². The molecule has 0 fully saturated rings. The average molecular weight is 356 g/mol. The summed E-state index contributed by atoms with van der Waals surface area (Å²) in [4.78, 5) is 14.8. The molecule has 4 rings (SSSR count). The molecule has 1 amide bonds. The number of hydrogen-bond acceptors (Lipinski definition) is 2. The van der Waals surface area contributed by atoms with E-state index >= 15 is 0 Å². The predicted octanol–water partition coefficient (Wildman–Crippen LogP) is 4.17. The van der Waals surface area contributed by atoms with Crippen molar-refractivity contribution in [3.05, 3.63) is 107 Å². The second-order valence-corrected chi connectivity index (χ2v) is 7.09. The summed E-state index contributed by atoms with van der Waals surface area (Å²) in [5.41, 5.74) is 5.96. The van der Waals surface area contributed by atoms with Gasteiger partial charge >= 0.3 is 0 Å². The molecular formula is C24H24N2O. The van der Waals surface area contributed by atoms with Gasteiger partial charge in [0.15, 0.2) is 0 Å². The Morgan fingerprint density at radius 1 is 0.815 bits per heavy atom. The van der Waals surface area contributed by atoms with Crippen molar-refractivity contribution in [1.29, 1.82) is 0 Å². The van der Waals surface area contributed by atoms with Gasteiger partial charge in [0, 0.05) is 31.7 Å². The van der Waals surface area contributed by atoms with E-state index in [4.69, 9.17) is 0 Å². The molecule has 0 unspecified atom stereocenters. The SMILES string of the molecule is O=C(NCc1ccccc1)c1ccc(CN2CCc3ccccc3C2)cc1. The van der Waals surface area contributed by atoms with Gasteiger partial charge in [-0.2, -0.15) is 0 Å². The molecule has 0 aliphatic carbocycles. The summed E-state index contributed by atoms with van der Waals surface area (Å²) >= 11 is 0. The molecule has 27 heavy (non-hydrogen) atoms. The van der Waals surface area contributed by atoms with Crippen LogP contribution in [0.1, 0.15) is 32.6 Å². The van der Waals surface area contributed by atoms with Crippen molar-refractivity contribution in [3.8, 4) is 0 Å². The van der Waals surface area contributed by atoms with Crippen LogP contribution in [0.15, 0.2) is 78.9 Å². The average Bonchev–Trinajstić information content (AvgIpc) is 2.73. The Labute approximate surface area is 160 Å². The summed E-state index contributed by atoms with van der Waals surface area (Å²) in [7, 11) is 0. The van der Waals surface area contributed by atoms with E-state index in [1.54, 1.807) is 0 Å². The molecule has 1 aliphatic heterocycles. The van der Waals surface area contributed by atoms with Crippen molar-refractivity contribution in [2.45, 2.75) is 26.1 Å². The molecule has 0 saturated heterocycles. The standard InChI is InChI=1S/C24H24N2O/c27-24(25-16-19-6-2-1-3-7-19)22-12-10-20(11-13-22)17-26-15-14-21-8-4-5-9-23(21)18-26/h1-13H,14-18H2,(H,25,27). The lowest BCUT2D eigenvalue weighted by atomic mass is 9.99. The van der Waals surface area contributed by atoms with Crippen LogP contribution in [0.3, 0.4) is 0 Å². The molecule has 3 nitrogen and oxygen atoms in total. The van der Waals surface area contributed by atoms with Crippen molar-refractivity contribution in [3.63, 3.8) is 0 Å². The largest absolute Gasteiger partial charge is 0.348 e. The van der Waals surface area contributed by atoms with Crippen LogP contribution in [-0.4, -0.2) is 17.4 Å². The van der Waals surface area contributed by atoms with Crippen LogP contribution in [-0.2, 0) is 26.1 Å². The summed E-state index contributed by atoms with van der Waals surface area (Å²) in [6.07, 6.45) is 1.11. The van der Waals surface area contributed by atoms with E-state index in [1.807, 2.05) is 42.5 Å². The fourth-order valence-corrected chi connectivity index (χ4v) is 3.59. The number of nitrogens with zero attached hydrogens (tertiary/aromatic N) is 1. The van der Waals surface area contributed by atoms with Gasteiger partial charge in [-0.3, -0.25) is 9.69 Å². The number of benzene rings is 3. The molecule has 1 aliphatic rings. The van der Waals surface area contributed by atoms with Gasteiger partial charge in [-0.1, -0.05) is 66.7 Å². The van der Waals surface area contributed by atoms with Crippen LogP contribution in [0.2, 0.25) is 0 Å². The van der Waals surface area contributed by atoms with E-state index in [1.165, 1.54) is 16.7 Å². The third-order valence-electron chi connectivity index (χ3n) is 5.13. The Morgan fingerprint density at radius 2 is 1.52 bits per heavy atom. The van der Waals surface area contributed by atoms with Crippen molar-refractivity contribution in [2.24, 2.45) is 0 Å². The molecule has 0 atom stereocenters. The van der Waals surface area contributed by atoms with Crippen molar-refractivity contribution in [1.82, 2.24) is 10.2 Å². The normalized spacial score (nSPS) is 13.8. The monoisotopic (exact) mass is 356 g/mol. The van der Waals surface area contributed by atoms with Crippen molar-refractivity contribution < 1.29 is 4.79 Å². The first-order chi connectivity index (χ1) is 13.3. The highest BCUT2D eigenvalue weighted by Gasteiger charge is 2.15. The first-order valence-electron chi connectivity index (χ1n) is 9.48. The second-order valence-electron chi connectivity index (χ2n) is 7.09. The van der Waals surface area contributed by atoms with E-state index in [2.05, 4.69) is 46.6 Å². The predicted molar refractivity (Wildman–Crippen MR) is 108 cm³/mol. The van der Waals surface area contributed by atoms with Crippen molar-refractivity contribution in [2.75, 3.05) is 6.54 Å². The maximum absolute atomic E-state index is 12.3. The van der Waals surface area contributed by atoms with E-state index in [0.29, 0.717) is 12.1 Å². The maximum Gasteiger partial charge on any atom is 0.251 e. The number of fused-ring (bicyclic) bond motifs is 1. The zero-order valence-corrected chi connectivity index (χ0v) is 15.4. The molecular weight excluding hydrogens is 332 g/mol. The van der Waals surface area contributed by atoms with Crippen LogP contribution >= 0.6 is 0 Å². The molecule has 136 valence electrons. The Bertz CT molecular complexity index is 903. The number of rotatable bonds is 5. The van der Waals surface area contributed by atoms with Gasteiger partial charge in [0.1, 0.15) is 0 Å². The summed E-state index contributed by atoms with van der Waals surface area (Å²) in [6, 6.07) is 26.6. The number of hydrogen-bond donors (Lipinski definition) is 1. The van der Waals surface area contributed by atoms with E-state index in [9.17, 15) is 4.79 Å². The first-order valence-corrected chi connectivity index (χ1v) is 9.48. The maximum atomic E-state index is 12.3. The highest BCUT2D eigenvalue weighted by molar-refractivity contribution is 5.94. The fourth-order valence-electron chi connectivity index (χ4n) is 3.59. The smallest absolute Gasteiger partial charge is 0.251 e. The molecule has 0 radical (unpaired) electrons. The van der Waals surface area contributed by atoms with Gasteiger partial charge in [0.25, 0.3) is 5.91 Å². The second kappa shape index (κ2) is 8.19. The van der Waals surface area contributed by atoms with Crippen LogP contribution < -0.4 is 5.32 Å². The van der Waals surface area contributed by atoms with Crippen LogP contribution in [0.4, 0.5) is 0 Å². The molecule has 3 heteroatoms. The van der Waals surface area contributed by atoms with Gasteiger partial charge in [0.05, 0.1) is 0 Å².